The van der Waals surface area contributed by atoms with Crippen molar-refractivity contribution in [1.82, 2.24) is 0 Å². The molecule has 8 fully saturated rings. The smallest absolute Gasteiger partial charge is 0 e. The van der Waals surface area contributed by atoms with Crippen LogP contribution >= 0.6 is 67.2 Å². The van der Waals surface area contributed by atoms with Gasteiger partial charge in [-0.25, -0.2) is 0 Å². The first-order valence-corrected chi connectivity index (χ1v) is 47.7. The fourth-order valence-electron chi connectivity index (χ4n) is 17.7. The molecule has 8 aliphatic rings. The minimum absolute atomic E-state index is 0. The van der Waals surface area contributed by atoms with Gasteiger partial charge < -0.3 is 0 Å². The van der Waals surface area contributed by atoms with Gasteiger partial charge in [-0.3, -0.25) is 0 Å². The van der Waals surface area contributed by atoms with Crippen molar-refractivity contribution in [3.63, 3.8) is 0 Å². The Morgan fingerprint density at radius 1 is 0.250 bits per heavy atom. The molecule has 0 radical (unpaired) electrons. The molecule has 0 aromatic carbocycles. The maximum absolute atomic E-state index is 5.11. The van der Waals surface area contributed by atoms with Crippen LogP contribution in [0.1, 0.15) is 314 Å². The zero-order valence-corrected chi connectivity index (χ0v) is 63.5. The summed E-state index contributed by atoms with van der Waals surface area (Å²) in [5, 5.41) is 1.61. The Morgan fingerprint density at radius 2 is 0.355 bits per heavy atom. The summed E-state index contributed by atoms with van der Waals surface area (Å²) >= 11 is -0.211. The van der Waals surface area contributed by atoms with Crippen LogP contribution in [0, 0.1) is 26.7 Å². The molecule has 8 aliphatic carbocycles. The monoisotopic (exact) mass is 1480 g/mol. The van der Waals surface area contributed by atoms with Crippen LogP contribution in [0.5, 0.6) is 0 Å². The molecule has 0 bridgehead atoms. The van der Waals surface area contributed by atoms with Crippen molar-refractivity contribution in [2.45, 2.75) is 380 Å². The molecule has 0 saturated heterocycles. The van der Waals surface area contributed by atoms with E-state index in [0.29, 0.717) is 20.6 Å². The van der Waals surface area contributed by atoms with Gasteiger partial charge >= 0.3 is 70.0 Å². The van der Waals surface area contributed by atoms with Crippen molar-refractivity contribution in [2.75, 3.05) is 0 Å². The van der Waals surface area contributed by atoms with E-state index >= 15 is 0 Å². The predicted molar refractivity (Wildman–Crippen MR) is 348 cm³/mol. The predicted octanol–water partition coefficient (Wildman–Crippen LogP) is 26.2. The number of rotatable bonds is 8. The molecule has 464 valence electrons. The summed E-state index contributed by atoms with van der Waals surface area (Å²) in [6.07, 6.45) is 54.3. The first-order chi connectivity index (χ1) is 34.7. The maximum atomic E-state index is 5.11. The van der Waals surface area contributed by atoms with Gasteiger partial charge in [-0.15, -0.1) is 29.0 Å². The van der Waals surface area contributed by atoms with E-state index in [9.17, 15) is 0 Å². The zero-order valence-electron chi connectivity index (χ0n) is 51.5. The molecule has 0 aromatic rings. The molecule has 8 rings (SSSR count). The molecule has 12 heteroatoms. The molecule has 0 amide bonds. The average molecular weight is 1480 g/mol. The first kappa shape index (κ1) is 79.3. The fourth-order valence-corrected chi connectivity index (χ4v) is 40.1. The Bertz CT molecular complexity index is 1290. The second kappa shape index (κ2) is 37.9. The summed E-state index contributed by atoms with van der Waals surface area (Å²) in [6.45, 7) is 48.8. The molecule has 76 heavy (non-hydrogen) atoms. The molecule has 0 spiro atoms. The van der Waals surface area contributed by atoms with Crippen LogP contribution in [0.15, 0.2) is 0 Å². The number of hydrogen-bond donors (Lipinski definition) is 0. The van der Waals surface area contributed by atoms with Gasteiger partial charge in [0.2, 0.25) is 0 Å². The maximum Gasteiger partial charge on any atom is 0 e. The SMILES string of the molecule is [CH2-][P+](C1CCCC1)(C(C)(C)C)C(C)(C)C.[CH2-][P+](C1CCCC1)(C(C)(C)C)C(C)(C)C.[CH2-][P+](C1CCCCC1)(C1CCCCC1)C1CCCC1.[CH2-][P+](C1CCCCC1)(C1CCCCC1)C1CCCC1.[Cl][Pd][Cl].[Cl][Pd][Cl].[Fe].[Fe]. The Morgan fingerprint density at radius 3 is 0.474 bits per heavy atom. The van der Waals surface area contributed by atoms with Crippen LogP contribution in [0.3, 0.4) is 0 Å². The number of halogens is 4. The average Bonchev–Trinajstić information content (AvgIpc) is 4.24. The molecular weight excluding hydrogens is 1360 g/mol. The summed E-state index contributed by atoms with van der Waals surface area (Å²) in [5.41, 5.74) is 8.33. The van der Waals surface area contributed by atoms with E-state index in [4.69, 9.17) is 64.8 Å². The minimum atomic E-state index is -1.13. The topological polar surface area (TPSA) is 0 Å². The van der Waals surface area contributed by atoms with E-state index in [1.54, 1.807) is 77.0 Å². The van der Waals surface area contributed by atoms with Crippen molar-refractivity contribution >= 4 is 67.2 Å². The van der Waals surface area contributed by atoms with Gasteiger partial charge in [-0.1, -0.05) is 25.7 Å². The second-order valence-corrected chi connectivity index (χ2v) is 52.8. The van der Waals surface area contributed by atoms with Crippen molar-refractivity contribution in [1.29, 1.82) is 0 Å². The van der Waals surface area contributed by atoms with Gasteiger partial charge in [0, 0.05) is 100 Å². The van der Waals surface area contributed by atoms with E-state index in [2.05, 4.69) is 83.1 Å². The van der Waals surface area contributed by atoms with Crippen LogP contribution in [-0.4, -0.2) is 65.9 Å². The van der Waals surface area contributed by atoms with Gasteiger partial charge in [-0.05, 0) is 289 Å². The number of hydrogen-bond acceptors (Lipinski definition) is 0. The minimum Gasteiger partial charge on any atom is 0 e. The quantitative estimate of drug-likeness (QED) is 0.129. The second-order valence-electron chi connectivity index (χ2n) is 29.4. The Hall–Kier alpha value is 5.24. The molecule has 8 saturated carbocycles. The van der Waals surface area contributed by atoms with Crippen LogP contribution in [-0.2, 0) is 66.0 Å². The van der Waals surface area contributed by atoms with Crippen molar-refractivity contribution in [3.05, 3.63) is 26.7 Å². The van der Waals surface area contributed by atoms with Crippen LogP contribution in [0.25, 0.3) is 0 Å². The molecule has 0 aliphatic heterocycles. The largest absolute Gasteiger partial charge is 0 e. The van der Waals surface area contributed by atoms with E-state index < -0.39 is 29.0 Å². The van der Waals surface area contributed by atoms with Crippen LogP contribution in [0.4, 0.5) is 0 Å². The fraction of sp³-hybridized carbons (Fsp3) is 0.938. The summed E-state index contributed by atoms with van der Waals surface area (Å²) in [7, 11) is 15.2. The van der Waals surface area contributed by atoms with Gasteiger partial charge in [0.05, 0.1) is 0 Å². The van der Waals surface area contributed by atoms with E-state index in [-0.39, 0.29) is 66.0 Å². The molecular formula is C64H124Cl4Fe2P4Pd2. The van der Waals surface area contributed by atoms with Crippen molar-refractivity contribution in [2.24, 2.45) is 0 Å². The molecule has 0 N–H and O–H groups in total. The van der Waals surface area contributed by atoms with Gasteiger partial charge in [0.25, 0.3) is 0 Å². The van der Waals surface area contributed by atoms with Crippen LogP contribution in [0.2, 0.25) is 0 Å². The standard InChI is InChI=1S/2C18H33P.2C14H29P.4ClH.2Fe.2Pd/c2*1-19(18-14-8-9-15-18,16-10-4-2-5-11-16)17-12-6-3-7-13-17;2*1-13(2,3)15(7,14(4,5)6)12-10-8-9-11-12;;;;;;;;/h2*16-18H,1-15H2;2*12H,7-11H2,1-6H3;4*1H;;;;/q;;;;;;;;;;2*+2/p-4. The van der Waals surface area contributed by atoms with Crippen molar-refractivity contribution < 1.29 is 66.0 Å². The summed E-state index contributed by atoms with van der Waals surface area (Å²) in [5.74, 6) is 0. The van der Waals surface area contributed by atoms with Crippen molar-refractivity contribution in [3.8, 4) is 0 Å². The molecule has 0 nitrogen and oxygen atoms in total. The molecule has 0 unspecified atom stereocenters. The summed E-state index contributed by atoms with van der Waals surface area (Å²) in [4.78, 5) is 0. The van der Waals surface area contributed by atoms with E-state index in [1.165, 1.54) is 154 Å². The van der Waals surface area contributed by atoms with Gasteiger partial charge in [-0.2, -0.15) is 26.7 Å². The third-order valence-corrected chi connectivity index (χ3v) is 46.1. The third kappa shape index (κ3) is 21.8. The Kier molecular flexibility index (Phi) is 39.6. The van der Waals surface area contributed by atoms with Gasteiger partial charge in [0.15, 0.2) is 0 Å². The molecule has 0 heterocycles. The zero-order chi connectivity index (χ0) is 55.5. The van der Waals surface area contributed by atoms with E-state index in [0.717, 1.165) is 45.3 Å². The third-order valence-electron chi connectivity index (χ3n) is 21.7. The summed E-state index contributed by atoms with van der Waals surface area (Å²) in [6, 6.07) is 0. The molecule has 0 atom stereocenters. The van der Waals surface area contributed by atoms with Gasteiger partial charge in [0.1, 0.15) is 0 Å². The Balaban J connectivity index is 0.000000488. The normalized spacial score (nSPS) is 23.3. The van der Waals surface area contributed by atoms with Crippen LogP contribution < -0.4 is 0 Å². The molecule has 0 aromatic heterocycles. The summed E-state index contributed by atoms with van der Waals surface area (Å²) < 4.78 is 0. The van der Waals surface area contributed by atoms with E-state index in [1.807, 2.05) is 0 Å². The first-order valence-electron chi connectivity index (χ1n) is 31.2. The Labute approximate surface area is 534 Å².